The third-order valence-corrected chi connectivity index (χ3v) is 2.46. The second-order valence-corrected chi connectivity index (χ2v) is 4.43. The molecule has 0 unspecified atom stereocenters. The molecule has 20 heavy (non-hydrogen) atoms. The molecule has 0 heterocycles. The van der Waals surface area contributed by atoms with Crippen molar-refractivity contribution in [1.29, 1.82) is 0 Å². The molecule has 0 saturated heterocycles. The molecule has 0 atom stereocenters. The Labute approximate surface area is 130 Å². The first-order valence-electron chi connectivity index (χ1n) is 5.89. The molecule has 6 nitrogen and oxygen atoms in total. The van der Waals surface area contributed by atoms with Gasteiger partial charge in [0.1, 0.15) is 0 Å². The summed E-state index contributed by atoms with van der Waals surface area (Å²) in [4.78, 5) is 0. The highest BCUT2D eigenvalue weighted by atomic mass is 32.1. The zero-order chi connectivity index (χ0) is 15.4. The maximum atomic E-state index is 5.01. The minimum Gasteiger partial charge on any atom is -0.358 e. The van der Waals surface area contributed by atoms with Crippen molar-refractivity contribution in [1.82, 2.24) is 21.5 Å². The minimum absolute atomic E-state index is 0.424. The lowest BCUT2D eigenvalue weighted by atomic mass is 10.3. The summed E-state index contributed by atoms with van der Waals surface area (Å²) < 4.78 is 0. The van der Waals surface area contributed by atoms with E-state index in [0.29, 0.717) is 34.7 Å². The molecule has 110 valence electrons. The highest BCUT2D eigenvalue weighted by Gasteiger charge is 1.99. The number of thiocarbonyl (C=S) groups is 2. The second kappa shape index (κ2) is 11.1. The van der Waals surface area contributed by atoms with Gasteiger partial charge in [0.15, 0.2) is 10.2 Å². The van der Waals surface area contributed by atoms with Crippen LogP contribution >= 0.6 is 24.4 Å². The molecule has 0 aliphatic heterocycles. The first kappa shape index (κ1) is 18.2. The van der Waals surface area contributed by atoms with Gasteiger partial charge in [0.05, 0.1) is 11.4 Å². The molecular weight excluding hydrogens is 292 g/mol. The molecule has 0 saturated carbocycles. The molecular formula is C12H20N6S2. The van der Waals surface area contributed by atoms with Crippen LogP contribution in [0.3, 0.4) is 0 Å². The summed E-state index contributed by atoms with van der Waals surface area (Å²) in [6.45, 7) is 11.9. The van der Waals surface area contributed by atoms with Crippen LogP contribution < -0.4 is 21.5 Å². The van der Waals surface area contributed by atoms with Gasteiger partial charge in [-0.15, -0.1) is 13.2 Å². The van der Waals surface area contributed by atoms with Crippen molar-refractivity contribution in [2.24, 2.45) is 10.2 Å². The highest BCUT2D eigenvalue weighted by molar-refractivity contribution is 7.80. The highest BCUT2D eigenvalue weighted by Crippen LogP contribution is 1.83. The Morgan fingerprint density at radius 1 is 0.900 bits per heavy atom. The van der Waals surface area contributed by atoms with E-state index in [1.54, 1.807) is 12.2 Å². The Morgan fingerprint density at radius 3 is 1.55 bits per heavy atom. The van der Waals surface area contributed by atoms with Gasteiger partial charge in [0.25, 0.3) is 0 Å². The lowest BCUT2D eigenvalue weighted by Gasteiger charge is -2.07. The average molecular weight is 312 g/mol. The van der Waals surface area contributed by atoms with Gasteiger partial charge in [0, 0.05) is 13.1 Å². The largest absolute Gasteiger partial charge is 0.358 e. The first-order valence-corrected chi connectivity index (χ1v) is 6.71. The van der Waals surface area contributed by atoms with E-state index in [-0.39, 0.29) is 0 Å². The normalized spacial score (nSPS) is 11.3. The monoisotopic (exact) mass is 312 g/mol. The predicted octanol–water partition coefficient (Wildman–Crippen LogP) is 1.04. The van der Waals surface area contributed by atoms with Crippen molar-refractivity contribution in [3.8, 4) is 0 Å². The van der Waals surface area contributed by atoms with E-state index >= 15 is 0 Å². The summed E-state index contributed by atoms with van der Waals surface area (Å²) >= 11 is 10.0. The maximum Gasteiger partial charge on any atom is 0.187 e. The average Bonchev–Trinajstić information content (AvgIpc) is 2.45. The van der Waals surface area contributed by atoms with Gasteiger partial charge in [0.2, 0.25) is 0 Å². The second-order valence-electron chi connectivity index (χ2n) is 3.62. The Bertz CT molecular complexity index is 388. The molecule has 0 spiro atoms. The van der Waals surface area contributed by atoms with Crippen LogP contribution in [-0.4, -0.2) is 34.7 Å². The van der Waals surface area contributed by atoms with Crippen LogP contribution in [-0.2, 0) is 0 Å². The van der Waals surface area contributed by atoms with Crippen LogP contribution in [0.2, 0.25) is 0 Å². The van der Waals surface area contributed by atoms with Crippen molar-refractivity contribution < 1.29 is 0 Å². The van der Waals surface area contributed by atoms with Crippen molar-refractivity contribution >= 4 is 46.1 Å². The molecule has 4 N–H and O–H groups in total. The molecule has 0 fully saturated rings. The molecule has 0 aromatic carbocycles. The lowest BCUT2D eigenvalue weighted by molar-refractivity contribution is 0.930. The Balaban J connectivity index is 4.26. The van der Waals surface area contributed by atoms with E-state index in [4.69, 9.17) is 24.4 Å². The summed E-state index contributed by atoms with van der Waals surface area (Å²) in [5.41, 5.74) is 6.79. The van der Waals surface area contributed by atoms with E-state index in [1.807, 2.05) is 13.8 Å². The zero-order valence-electron chi connectivity index (χ0n) is 11.7. The number of rotatable bonds is 7. The predicted molar refractivity (Wildman–Crippen MR) is 94.1 cm³/mol. The number of nitrogens with zero attached hydrogens (tertiary/aromatic N) is 2. The standard InChI is InChI=1S/C12H20N6S2/c1-5-7-13-11(19)17-15-9(3)10(4)16-18-12(20)14-8-6-2/h5-6H,1-2,7-8H2,3-4H3,(H2,13,17,19)(H2,14,18,20). The van der Waals surface area contributed by atoms with Crippen LogP contribution in [0.15, 0.2) is 35.5 Å². The molecule has 0 aliphatic carbocycles. The third-order valence-electron chi connectivity index (χ3n) is 1.99. The topological polar surface area (TPSA) is 72.8 Å². The van der Waals surface area contributed by atoms with Gasteiger partial charge >= 0.3 is 0 Å². The summed E-state index contributed by atoms with van der Waals surface area (Å²) in [7, 11) is 0. The van der Waals surface area contributed by atoms with Gasteiger partial charge in [-0.3, -0.25) is 10.9 Å². The molecule has 0 aliphatic rings. The van der Waals surface area contributed by atoms with Gasteiger partial charge in [-0.05, 0) is 38.3 Å². The zero-order valence-corrected chi connectivity index (χ0v) is 13.3. The van der Waals surface area contributed by atoms with E-state index in [9.17, 15) is 0 Å². The quantitative estimate of drug-likeness (QED) is 0.244. The molecule has 0 radical (unpaired) electrons. The van der Waals surface area contributed by atoms with Crippen molar-refractivity contribution in [3.63, 3.8) is 0 Å². The molecule has 0 aromatic rings. The van der Waals surface area contributed by atoms with Crippen molar-refractivity contribution in [2.75, 3.05) is 13.1 Å². The lowest BCUT2D eigenvalue weighted by Crippen LogP contribution is -2.34. The van der Waals surface area contributed by atoms with Crippen molar-refractivity contribution in [2.45, 2.75) is 13.8 Å². The van der Waals surface area contributed by atoms with E-state index in [2.05, 4.69) is 44.8 Å². The Morgan fingerprint density at radius 2 is 1.25 bits per heavy atom. The van der Waals surface area contributed by atoms with E-state index < -0.39 is 0 Å². The van der Waals surface area contributed by atoms with Gasteiger partial charge in [-0.2, -0.15) is 10.2 Å². The molecule has 0 bridgehead atoms. The van der Waals surface area contributed by atoms with Crippen LogP contribution in [0, 0.1) is 0 Å². The number of nitrogens with one attached hydrogen (secondary N) is 4. The van der Waals surface area contributed by atoms with Gasteiger partial charge < -0.3 is 10.6 Å². The molecule has 0 amide bonds. The van der Waals surface area contributed by atoms with Gasteiger partial charge in [-0.1, -0.05) is 12.2 Å². The summed E-state index contributed by atoms with van der Waals surface area (Å²) in [5.74, 6) is 0. The summed E-state index contributed by atoms with van der Waals surface area (Å²) in [6.07, 6.45) is 3.41. The maximum absolute atomic E-state index is 5.01. The Hall–Kier alpha value is -1.80. The van der Waals surface area contributed by atoms with Crippen LogP contribution in [0.4, 0.5) is 0 Å². The Kier molecular flexibility index (Phi) is 10.1. The van der Waals surface area contributed by atoms with E-state index in [0.717, 1.165) is 0 Å². The van der Waals surface area contributed by atoms with Crippen LogP contribution in [0.5, 0.6) is 0 Å². The smallest absolute Gasteiger partial charge is 0.187 e. The fraction of sp³-hybridized carbons (Fsp3) is 0.333. The van der Waals surface area contributed by atoms with Crippen molar-refractivity contribution in [3.05, 3.63) is 25.3 Å². The number of hydrogen-bond acceptors (Lipinski definition) is 4. The molecule has 0 aromatic heterocycles. The fourth-order valence-corrected chi connectivity index (χ4v) is 1.10. The number of hydrogen-bond donors (Lipinski definition) is 4. The minimum atomic E-state index is 0.424. The van der Waals surface area contributed by atoms with E-state index in [1.165, 1.54) is 0 Å². The summed E-state index contributed by atoms with van der Waals surface area (Å²) in [5, 5.41) is 14.8. The van der Waals surface area contributed by atoms with Gasteiger partial charge in [-0.25, -0.2) is 0 Å². The summed E-state index contributed by atoms with van der Waals surface area (Å²) in [6, 6.07) is 0. The molecule has 8 heteroatoms. The number of hydrazone groups is 2. The SMILES string of the molecule is C=CCNC(=S)NN=C(C)C(C)=NNC(=S)NCC=C. The van der Waals surface area contributed by atoms with Crippen LogP contribution in [0.25, 0.3) is 0 Å². The fourth-order valence-electron chi connectivity index (χ4n) is 0.840. The molecule has 0 rings (SSSR count). The first-order chi connectivity index (χ1) is 9.51. The third kappa shape index (κ3) is 9.17. The van der Waals surface area contributed by atoms with Crippen LogP contribution in [0.1, 0.15) is 13.8 Å².